The molecule has 3 aliphatic carbocycles. The van der Waals surface area contributed by atoms with Gasteiger partial charge in [0, 0.05) is 17.0 Å². The molecule has 2 aromatic carbocycles. The number of aromatic nitrogens is 2. The minimum atomic E-state index is 0.271. The fourth-order valence-corrected chi connectivity index (χ4v) is 4.83. The van der Waals surface area contributed by atoms with Crippen molar-refractivity contribution in [2.45, 2.75) is 12.3 Å². The predicted octanol–water partition coefficient (Wildman–Crippen LogP) is 6.55. The summed E-state index contributed by atoms with van der Waals surface area (Å²) in [6.07, 6.45) is 14.4. The van der Waals surface area contributed by atoms with Gasteiger partial charge in [-0.05, 0) is 51.9 Å². The van der Waals surface area contributed by atoms with Crippen molar-refractivity contribution in [1.82, 2.24) is 9.97 Å². The predicted molar refractivity (Wildman–Crippen MR) is 119 cm³/mol. The second-order valence-electron chi connectivity index (χ2n) is 7.57. The van der Waals surface area contributed by atoms with Crippen molar-refractivity contribution >= 4 is 17.7 Å². The van der Waals surface area contributed by atoms with E-state index in [0.29, 0.717) is 5.92 Å². The summed E-state index contributed by atoms with van der Waals surface area (Å²) >= 11 is 6.34. The monoisotopic (exact) mass is 392 g/mol. The molecule has 2 nitrogen and oxygen atoms in total. The van der Waals surface area contributed by atoms with Gasteiger partial charge in [0.1, 0.15) is 0 Å². The van der Waals surface area contributed by atoms with Gasteiger partial charge in [-0.15, -0.1) is 0 Å². The molecule has 0 N–H and O–H groups in total. The maximum absolute atomic E-state index is 6.34. The second kappa shape index (κ2) is 6.40. The Labute approximate surface area is 174 Å². The fourth-order valence-electron chi connectivity index (χ4n) is 4.65. The van der Waals surface area contributed by atoms with Gasteiger partial charge in [0.05, 0.1) is 11.4 Å². The molecule has 0 amide bonds. The van der Waals surface area contributed by atoms with Crippen LogP contribution in [0.4, 0.5) is 0 Å². The average Bonchev–Trinajstić information content (AvgIpc) is 2.77. The van der Waals surface area contributed by atoms with Gasteiger partial charge in [-0.25, -0.2) is 9.97 Å². The molecule has 3 heteroatoms. The lowest BCUT2D eigenvalue weighted by Crippen LogP contribution is -2.18. The van der Waals surface area contributed by atoms with Gasteiger partial charge in [-0.3, -0.25) is 0 Å². The van der Waals surface area contributed by atoms with Crippen LogP contribution < -0.4 is 0 Å². The second-order valence-corrected chi connectivity index (χ2v) is 7.91. The van der Waals surface area contributed by atoms with Gasteiger partial charge >= 0.3 is 0 Å². The van der Waals surface area contributed by atoms with Gasteiger partial charge in [-0.2, -0.15) is 0 Å². The van der Waals surface area contributed by atoms with E-state index >= 15 is 0 Å². The molecule has 3 aliphatic rings. The SMILES string of the molecule is Clc1nc(-c2ccccc2)cc(-c2ccc3c4c2C=CC2=CC=CC(=CC3)C24)n1. The number of hydrogen-bond donors (Lipinski definition) is 0. The lowest BCUT2D eigenvalue weighted by Gasteiger charge is -2.34. The van der Waals surface area contributed by atoms with Crippen LogP contribution in [0.5, 0.6) is 0 Å². The van der Waals surface area contributed by atoms with Crippen molar-refractivity contribution in [3.05, 3.63) is 112 Å². The highest BCUT2D eigenvalue weighted by Gasteiger charge is 2.31. The van der Waals surface area contributed by atoms with E-state index < -0.39 is 0 Å². The Morgan fingerprint density at radius 1 is 0.862 bits per heavy atom. The zero-order valence-corrected chi connectivity index (χ0v) is 16.4. The fraction of sp³-hybridized carbons (Fsp3) is 0.0769. The number of allylic oxidation sites excluding steroid dienone is 7. The maximum atomic E-state index is 6.34. The Kier molecular flexibility index (Phi) is 3.68. The van der Waals surface area contributed by atoms with E-state index in [1.165, 1.54) is 27.8 Å². The largest absolute Gasteiger partial charge is 0.223 e. The smallest absolute Gasteiger partial charge is 0.218 e. The van der Waals surface area contributed by atoms with Crippen LogP contribution in [0, 0.1) is 0 Å². The van der Waals surface area contributed by atoms with E-state index in [2.05, 4.69) is 58.6 Å². The first-order valence-corrected chi connectivity index (χ1v) is 10.2. The summed E-state index contributed by atoms with van der Waals surface area (Å²) in [7, 11) is 0. The van der Waals surface area contributed by atoms with E-state index in [0.717, 1.165) is 28.9 Å². The van der Waals surface area contributed by atoms with Crippen LogP contribution in [-0.4, -0.2) is 9.97 Å². The van der Waals surface area contributed by atoms with Crippen molar-refractivity contribution in [3.63, 3.8) is 0 Å². The Morgan fingerprint density at radius 3 is 2.62 bits per heavy atom. The third kappa shape index (κ3) is 2.64. The van der Waals surface area contributed by atoms with E-state index in [9.17, 15) is 0 Å². The van der Waals surface area contributed by atoms with Crippen LogP contribution in [0.25, 0.3) is 28.6 Å². The number of hydrogen-bond acceptors (Lipinski definition) is 2. The topological polar surface area (TPSA) is 25.8 Å². The summed E-state index contributed by atoms with van der Waals surface area (Å²) in [4.78, 5) is 9.04. The van der Waals surface area contributed by atoms with Gasteiger partial charge < -0.3 is 0 Å². The molecule has 0 fully saturated rings. The Hall–Kier alpha value is -3.23. The first kappa shape index (κ1) is 16.7. The van der Waals surface area contributed by atoms with Crippen molar-refractivity contribution in [2.24, 2.45) is 0 Å². The van der Waals surface area contributed by atoms with Crippen molar-refractivity contribution in [2.75, 3.05) is 0 Å². The maximum Gasteiger partial charge on any atom is 0.223 e. The molecule has 138 valence electrons. The lowest BCUT2D eigenvalue weighted by molar-refractivity contribution is 0.892. The Morgan fingerprint density at radius 2 is 1.72 bits per heavy atom. The van der Waals surface area contributed by atoms with Crippen LogP contribution in [0.1, 0.15) is 22.6 Å². The van der Waals surface area contributed by atoms with Crippen LogP contribution >= 0.6 is 11.6 Å². The molecule has 3 aromatic rings. The van der Waals surface area contributed by atoms with Crippen LogP contribution in [0.2, 0.25) is 5.28 Å². The summed E-state index contributed by atoms with van der Waals surface area (Å²) < 4.78 is 0. The Balaban J connectivity index is 1.56. The molecule has 6 rings (SSSR count). The molecule has 1 unspecified atom stereocenters. The van der Waals surface area contributed by atoms with Crippen LogP contribution in [0.15, 0.2) is 90.1 Å². The van der Waals surface area contributed by atoms with E-state index in [1.807, 2.05) is 36.4 Å². The summed E-state index contributed by atoms with van der Waals surface area (Å²) in [6, 6.07) is 16.6. The van der Waals surface area contributed by atoms with Gasteiger partial charge in [0.25, 0.3) is 0 Å². The average molecular weight is 393 g/mol. The molecule has 0 spiro atoms. The van der Waals surface area contributed by atoms with Gasteiger partial charge in [0.2, 0.25) is 5.28 Å². The molecule has 0 bridgehead atoms. The first-order valence-electron chi connectivity index (χ1n) is 9.80. The summed E-state index contributed by atoms with van der Waals surface area (Å²) in [6.45, 7) is 0. The number of rotatable bonds is 2. The van der Waals surface area contributed by atoms with E-state index in [1.54, 1.807) is 0 Å². The van der Waals surface area contributed by atoms with Crippen molar-refractivity contribution < 1.29 is 0 Å². The molecule has 0 aliphatic heterocycles. The van der Waals surface area contributed by atoms with Crippen LogP contribution in [-0.2, 0) is 6.42 Å². The highest BCUT2D eigenvalue weighted by Crippen LogP contribution is 2.48. The molecule has 0 radical (unpaired) electrons. The van der Waals surface area contributed by atoms with Crippen molar-refractivity contribution in [1.29, 1.82) is 0 Å². The standard InChI is InChI=1S/C26H17ClN2/c27-26-28-22(16-5-2-1-3-6-16)15-23(29-26)20-13-11-19-10-9-17-7-4-8-18-12-14-21(20)25(19)24(17)18/h1-9,11-15,24H,10H2. The third-order valence-electron chi connectivity index (χ3n) is 5.95. The normalized spacial score (nSPS) is 18.2. The molecular weight excluding hydrogens is 376 g/mol. The molecule has 1 atom stereocenters. The summed E-state index contributed by atoms with van der Waals surface area (Å²) in [5.41, 5.74) is 10.6. The first-order chi connectivity index (χ1) is 14.3. The molecular formula is C26H17ClN2. The summed E-state index contributed by atoms with van der Waals surface area (Å²) in [5, 5.41) is 0.271. The minimum absolute atomic E-state index is 0.271. The molecule has 1 aromatic heterocycles. The van der Waals surface area contributed by atoms with E-state index in [4.69, 9.17) is 11.6 Å². The van der Waals surface area contributed by atoms with Crippen molar-refractivity contribution in [3.8, 4) is 22.5 Å². The lowest BCUT2D eigenvalue weighted by atomic mass is 9.70. The number of halogens is 1. The third-order valence-corrected chi connectivity index (χ3v) is 6.12. The molecule has 29 heavy (non-hydrogen) atoms. The minimum Gasteiger partial charge on any atom is -0.218 e. The molecule has 0 saturated carbocycles. The Bertz CT molecular complexity index is 1280. The molecule has 1 heterocycles. The van der Waals surface area contributed by atoms with Gasteiger partial charge in [-0.1, -0.05) is 78.9 Å². The van der Waals surface area contributed by atoms with Gasteiger partial charge in [0.15, 0.2) is 0 Å². The number of benzene rings is 2. The van der Waals surface area contributed by atoms with E-state index in [-0.39, 0.29) is 5.28 Å². The number of nitrogens with zero attached hydrogens (tertiary/aromatic N) is 2. The highest BCUT2D eigenvalue weighted by molar-refractivity contribution is 6.28. The van der Waals surface area contributed by atoms with Crippen LogP contribution in [0.3, 0.4) is 0 Å². The zero-order valence-electron chi connectivity index (χ0n) is 15.6. The zero-order chi connectivity index (χ0) is 19.4. The molecule has 0 saturated heterocycles. The highest BCUT2D eigenvalue weighted by atomic mass is 35.5. The quantitative estimate of drug-likeness (QED) is 0.462. The summed E-state index contributed by atoms with van der Waals surface area (Å²) in [5.74, 6) is 0.328.